The van der Waals surface area contributed by atoms with Crippen LogP contribution in [-0.4, -0.2) is 49.1 Å². The van der Waals surface area contributed by atoms with Gasteiger partial charge in [-0.15, -0.1) is 0 Å². The molecule has 1 atom stereocenters. The minimum atomic E-state index is 0.734. The Morgan fingerprint density at radius 3 is 2.06 bits per heavy atom. The van der Waals surface area contributed by atoms with Crippen LogP contribution in [0.2, 0.25) is 0 Å². The van der Waals surface area contributed by atoms with E-state index in [0.29, 0.717) is 0 Å². The summed E-state index contributed by atoms with van der Waals surface area (Å²) in [5.74, 6) is 0. The molecule has 1 unspecified atom stereocenters. The van der Waals surface area contributed by atoms with Gasteiger partial charge in [0.1, 0.15) is 0 Å². The summed E-state index contributed by atoms with van der Waals surface area (Å²) >= 11 is 0. The van der Waals surface area contributed by atoms with E-state index >= 15 is 0 Å². The lowest BCUT2D eigenvalue weighted by atomic mass is 10.1. The number of rotatable bonds is 10. The maximum absolute atomic E-state index is 2.58. The van der Waals surface area contributed by atoms with Crippen molar-refractivity contribution >= 4 is 0 Å². The van der Waals surface area contributed by atoms with Crippen LogP contribution in [-0.2, 0) is 0 Å². The summed E-state index contributed by atoms with van der Waals surface area (Å²) in [6.07, 6.45) is 5.16. The molecule has 0 spiro atoms. The van der Waals surface area contributed by atoms with Gasteiger partial charge < -0.3 is 9.80 Å². The third-order valence-corrected chi connectivity index (χ3v) is 3.41. The van der Waals surface area contributed by atoms with Gasteiger partial charge >= 0.3 is 0 Å². The average Bonchev–Trinajstić information content (AvgIpc) is 2.31. The highest BCUT2D eigenvalue weighted by Crippen LogP contribution is 2.06. The van der Waals surface area contributed by atoms with Crippen LogP contribution >= 0.6 is 0 Å². The Hall–Kier alpha value is -0.0800. The minimum Gasteiger partial charge on any atom is -0.302 e. The first-order chi connectivity index (χ1) is 7.69. The fourth-order valence-corrected chi connectivity index (χ4v) is 2.16. The molecular formula is C14H32N2. The molecule has 0 saturated heterocycles. The molecule has 0 aromatic heterocycles. The normalized spacial score (nSPS) is 13.7. The van der Waals surface area contributed by atoms with Crippen LogP contribution in [0.25, 0.3) is 0 Å². The summed E-state index contributed by atoms with van der Waals surface area (Å²) < 4.78 is 0. The zero-order valence-electron chi connectivity index (χ0n) is 12.1. The predicted octanol–water partition coefficient (Wildman–Crippen LogP) is 3.23. The van der Waals surface area contributed by atoms with E-state index in [9.17, 15) is 0 Å². The highest BCUT2D eigenvalue weighted by Gasteiger charge is 2.15. The summed E-state index contributed by atoms with van der Waals surface area (Å²) in [7, 11) is 2.28. The Morgan fingerprint density at radius 2 is 1.62 bits per heavy atom. The highest BCUT2D eigenvalue weighted by molar-refractivity contribution is 4.71. The van der Waals surface area contributed by atoms with Crippen molar-refractivity contribution < 1.29 is 0 Å². The predicted molar refractivity (Wildman–Crippen MR) is 74.0 cm³/mol. The van der Waals surface area contributed by atoms with Gasteiger partial charge in [0.05, 0.1) is 0 Å². The standard InChI is InChI=1S/C14H32N2/c1-6-10-12-15(5)14(8-3)13-16(9-4)11-7-2/h14H,6-13H2,1-5H3. The zero-order chi connectivity index (χ0) is 12.4. The summed E-state index contributed by atoms with van der Waals surface area (Å²) in [6, 6.07) is 0.734. The van der Waals surface area contributed by atoms with E-state index in [4.69, 9.17) is 0 Å². The van der Waals surface area contributed by atoms with E-state index in [1.165, 1.54) is 51.9 Å². The molecule has 0 bridgehead atoms. The number of unbranched alkanes of at least 4 members (excludes halogenated alkanes) is 1. The quantitative estimate of drug-likeness (QED) is 0.566. The molecule has 2 heteroatoms. The molecule has 16 heavy (non-hydrogen) atoms. The smallest absolute Gasteiger partial charge is 0.0217 e. The first-order valence-electron chi connectivity index (χ1n) is 7.12. The molecule has 0 N–H and O–H groups in total. The molecule has 0 amide bonds. The molecule has 0 radical (unpaired) electrons. The van der Waals surface area contributed by atoms with Gasteiger partial charge in [0.2, 0.25) is 0 Å². The molecule has 0 saturated carbocycles. The van der Waals surface area contributed by atoms with Crippen LogP contribution in [0.5, 0.6) is 0 Å². The van der Waals surface area contributed by atoms with Crippen molar-refractivity contribution in [2.45, 2.75) is 59.4 Å². The lowest BCUT2D eigenvalue weighted by Crippen LogP contribution is -2.42. The fraction of sp³-hybridized carbons (Fsp3) is 1.00. The Bertz CT molecular complexity index is 148. The summed E-state index contributed by atoms with van der Waals surface area (Å²) in [5.41, 5.74) is 0. The number of hydrogen-bond donors (Lipinski definition) is 0. The van der Waals surface area contributed by atoms with Gasteiger partial charge in [-0.25, -0.2) is 0 Å². The van der Waals surface area contributed by atoms with E-state index in [1.54, 1.807) is 0 Å². The van der Waals surface area contributed by atoms with Gasteiger partial charge in [-0.05, 0) is 45.9 Å². The van der Waals surface area contributed by atoms with Crippen LogP contribution < -0.4 is 0 Å². The second-order valence-electron chi connectivity index (χ2n) is 4.79. The van der Waals surface area contributed by atoms with E-state index in [0.717, 1.165) is 6.04 Å². The first-order valence-corrected chi connectivity index (χ1v) is 7.12. The molecule has 0 aliphatic heterocycles. The van der Waals surface area contributed by atoms with Gasteiger partial charge in [0.15, 0.2) is 0 Å². The van der Waals surface area contributed by atoms with Gasteiger partial charge in [-0.2, -0.15) is 0 Å². The molecule has 98 valence electrons. The zero-order valence-corrected chi connectivity index (χ0v) is 12.1. The van der Waals surface area contributed by atoms with Crippen molar-refractivity contribution in [1.82, 2.24) is 9.80 Å². The minimum absolute atomic E-state index is 0.734. The Kier molecular flexibility index (Phi) is 10.0. The number of hydrogen-bond acceptors (Lipinski definition) is 2. The molecule has 0 rings (SSSR count). The maximum atomic E-state index is 2.58. The number of likely N-dealkylation sites (N-methyl/N-ethyl adjacent to an activating group) is 2. The largest absolute Gasteiger partial charge is 0.302 e. The highest BCUT2D eigenvalue weighted by atomic mass is 15.2. The van der Waals surface area contributed by atoms with Crippen molar-refractivity contribution in [3.63, 3.8) is 0 Å². The monoisotopic (exact) mass is 228 g/mol. The third-order valence-electron chi connectivity index (χ3n) is 3.41. The van der Waals surface area contributed by atoms with Gasteiger partial charge in [-0.1, -0.05) is 34.1 Å². The van der Waals surface area contributed by atoms with E-state index in [1.807, 2.05) is 0 Å². The lowest BCUT2D eigenvalue weighted by molar-refractivity contribution is 0.160. The Morgan fingerprint density at radius 1 is 0.938 bits per heavy atom. The van der Waals surface area contributed by atoms with Gasteiger partial charge in [0, 0.05) is 12.6 Å². The topological polar surface area (TPSA) is 6.48 Å². The van der Waals surface area contributed by atoms with Crippen LogP contribution in [0.4, 0.5) is 0 Å². The molecule has 0 aromatic carbocycles. The molecule has 0 aromatic rings. The second kappa shape index (κ2) is 10.1. The van der Waals surface area contributed by atoms with E-state index in [-0.39, 0.29) is 0 Å². The van der Waals surface area contributed by atoms with Crippen molar-refractivity contribution in [2.24, 2.45) is 0 Å². The molecule has 0 fully saturated rings. The van der Waals surface area contributed by atoms with Crippen molar-refractivity contribution in [3.8, 4) is 0 Å². The van der Waals surface area contributed by atoms with Crippen molar-refractivity contribution in [1.29, 1.82) is 0 Å². The Labute approximate surface area is 103 Å². The van der Waals surface area contributed by atoms with Crippen LogP contribution in [0.1, 0.15) is 53.4 Å². The van der Waals surface area contributed by atoms with Crippen LogP contribution in [0, 0.1) is 0 Å². The van der Waals surface area contributed by atoms with Crippen LogP contribution in [0.3, 0.4) is 0 Å². The average molecular weight is 228 g/mol. The molecule has 0 aliphatic rings. The fourth-order valence-electron chi connectivity index (χ4n) is 2.16. The SMILES string of the molecule is CCCCN(C)C(CC)CN(CC)CCC. The third kappa shape index (κ3) is 6.49. The first kappa shape index (κ1) is 15.9. The maximum Gasteiger partial charge on any atom is 0.0217 e. The molecule has 0 aliphatic carbocycles. The Balaban J connectivity index is 4.04. The van der Waals surface area contributed by atoms with Crippen molar-refractivity contribution in [3.05, 3.63) is 0 Å². The van der Waals surface area contributed by atoms with E-state index < -0.39 is 0 Å². The summed E-state index contributed by atoms with van der Waals surface area (Å²) in [6.45, 7) is 14.0. The molecule has 0 heterocycles. The summed E-state index contributed by atoms with van der Waals surface area (Å²) in [4.78, 5) is 5.12. The van der Waals surface area contributed by atoms with Crippen molar-refractivity contribution in [2.75, 3.05) is 33.2 Å². The van der Waals surface area contributed by atoms with Gasteiger partial charge in [0.25, 0.3) is 0 Å². The van der Waals surface area contributed by atoms with Gasteiger partial charge in [-0.3, -0.25) is 0 Å². The molecular weight excluding hydrogens is 196 g/mol. The number of nitrogens with zero attached hydrogens (tertiary/aromatic N) is 2. The van der Waals surface area contributed by atoms with E-state index in [2.05, 4.69) is 44.5 Å². The summed E-state index contributed by atoms with van der Waals surface area (Å²) in [5, 5.41) is 0. The van der Waals surface area contributed by atoms with Crippen LogP contribution in [0.15, 0.2) is 0 Å². The lowest BCUT2D eigenvalue weighted by Gasteiger charge is -2.32. The second-order valence-corrected chi connectivity index (χ2v) is 4.79. The molecule has 2 nitrogen and oxygen atoms in total.